The molecule has 1 unspecified atom stereocenters. The summed E-state index contributed by atoms with van der Waals surface area (Å²) in [6.45, 7) is 2.70. The van der Waals surface area contributed by atoms with Gasteiger partial charge in [-0.05, 0) is 49.8 Å². The number of rotatable bonds is 3. The van der Waals surface area contributed by atoms with E-state index in [9.17, 15) is 14.4 Å². The van der Waals surface area contributed by atoms with E-state index < -0.39 is 6.04 Å². The maximum Gasteiger partial charge on any atom is 0.329 e. The molecule has 1 saturated heterocycles. The number of carbonyl (C=O) groups excluding carboxylic acids is 2. The van der Waals surface area contributed by atoms with Gasteiger partial charge in [-0.25, -0.2) is 4.79 Å². The van der Waals surface area contributed by atoms with Crippen molar-refractivity contribution >= 4 is 22.8 Å². The molecular weight excluding hydrogens is 294 g/mol. The van der Waals surface area contributed by atoms with E-state index in [2.05, 4.69) is 5.32 Å². The predicted octanol–water partition coefficient (Wildman–Crippen LogP) is 1.50. The van der Waals surface area contributed by atoms with Gasteiger partial charge in [0.1, 0.15) is 6.04 Å². The fraction of sp³-hybridized carbons (Fsp3) is 0.471. The van der Waals surface area contributed by atoms with Crippen molar-refractivity contribution < 1.29 is 9.59 Å². The second kappa shape index (κ2) is 5.08. The average molecular weight is 313 g/mol. The van der Waals surface area contributed by atoms with Crippen molar-refractivity contribution in [2.45, 2.75) is 45.2 Å². The van der Waals surface area contributed by atoms with Gasteiger partial charge in [-0.15, -0.1) is 0 Å². The Morgan fingerprint density at radius 3 is 2.61 bits per heavy atom. The molecule has 6 heteroatoms. The molecule has 1 aromatic carbocycles. The van der Waals surface area contributed by atoms with Crippen molar-refractivity contribution in [1.82, 2.24) is 14.5 Å². The van der Waals surface area contributed by atoms with Crippen LogP contribution in [0.25, 0.3) is 11.0 Å². The largest absolute Gasteiger partial charge is 0.329 e. The molecule has 2 aromatic rings. The van der Waals surface area contributed by atoms with Crippen LogP contribution in [0.15, 0.2) is 23.0 Å². The molecule has 23 heavy (non-hydrogen) atoms. The lowest BCUT2D eigenvalue weighted by Crippen LogP contribution is -2.44. The van der Waals surface area contributed by atoms with Crippen molar-refractivity contribution in [3.05, 3.63) is 34.2 Å². The van der Waals surface area contributed by atoms with Gasteiger partial charge in [-0.2, -0.15) is 0 Å². The second-order valence-corrected chi connectivity index (χ2v) is 6.67. The van der Waals surface area contributed by atoms with Gasteiger partial charge in [-0.3, -0.25) is 24.0 Å². The minimum absolute atomic E-state index is 0.146. The number of imide groups is 1. The number of amides is 2. The number of nitrogens with zero attached hydrogens (tertiary/aromatic N) is 2. The first-order valence-corrected chi connectivity index (χ1v) is 8.09. The minimum atomic E-state index is -0.606. The second-order valence-electron chi connectivity index (χ2n) is 6.67. The summed E-state index contributed by atoms with van der Waals surface area (Å²) in [5.41, 5.74) is 2.59. The molecule has 0 radical (unpaired) electrons. The van der Waals surface area contributed by atoms with E-state index >= 15 is 0 Å². The molecule has 2 fully saturated rings. The third-order valence-corrected chi connectivity index (χ3v) is 4.78. The van der Waals surface area contributed by atoms with E-state index in [1.807, 2.05) is 25.1 Å². The third-order valence-electron chi connectivity index (χ3n) is 4.78. The Kier molecular flexibility index (Phi) is 3.14. The predicted molar refractivity (Wildman–Crippen MR) is 85.1 cm³/mol. The van der Waals surface area contributed by atoms with Crippen molar-refractivity contribution in [3.63, 3.8) is 0 Å². The molecule has 4 rings (SSSR count). The summed E-state index contributed by atoms with van der Waals surface area (Å²) in [6.07, 6.45) is 2.96. The molecule has 1 aliphatic heterocycles. The Morgan fingerprint density at radius 2 is 1.91 bits per heavy atom. The summed E-state index contributed by atoms with van der Waals surface area (Å²) in [7, 11) is 0. The Morgan fingerprint density at radius 1 is 1.13 bits per heavy atom. The molecular formula is C17H19N3O3. The smallest absolute Gasteiger partial charge is 0.295 e. The van der Waals surface area contributed by atoms with Gasteiger partial charge in [0.25, 0.3) is 0 Å². The topological polar surface area (TPSA) is 73.1 Å². The highest BCUT2D eigenvalue weighted by molar-refractivity contribution is 6.00. The maximum atomic E-state index is 13.0. The molecule has 0 bridgehead atoms. The van der Waals surface area contributed by atoms with Gasteiger partial charge in [0.05, 0.1) is 11.0 Å². The van der Waals surface area contributed by atoms with Crippen LogP contribution >= 0.6 is 0 Å². The highest BCUT2D eigenvalue weighted by Gasteiger charge is 2.32. The number of piperidine rings is 1. The molecule has 1 atom stereocenters. The molecule has 0 spiro atoms. The zero-order valence-corrected chi connectivity index (χ0v) is 13.0. The van der Waals surface area contributed by atoms with Gasteiger partial charge in [0.2, 0.25) is 11.8 Å². The first kappa shape index (κ1) is 14.2. The van der Waals surface area contributed by atoms with E-state index in [-0.39, 0.29) is 23.9 Å². The molecule has 2 aliphatic rings. The summed E-state index contributed by atoms with van der Waals surface area (Å²) in [5, 5.41) is 2.35. The normalized spacial score (nSPS) is 21.7. The summed E-state index contributed by atoms with van der Waals surface area (Å²) >= 11 is 0. The van der Waals surface area contributed by atoms with Gasteiger partial charge >= 0.3 is 5.69 Å². The number of aromatic nitrogens is 2. The van der Waals surface area contributed by atoms with E-state index in [1.165, 1.54) is 0 Å². The van der Waals surface area contributed by atoms with Crippen LogP contribution < -0.4 is 11.0 Å². The molecule has 2 amide bonds. The lowest BCUT2D eigenvalue weighted by molar-refractivity contribution is -0.135. The Labute approximate surface area is 133 Å². The Hall–Kier alpha value is -2.37. The highest BCUT2D eigenvalue weighted by Crippen LogP contribution is 2.32. The number of fused-ring (bicyclic) bond motifs is 1. The highest BCUT2D eigenvalue weighted by atomic mass is 16.2. The van der Waals surface area contributed by atoms with Crippen LogP contribution in [0.4, 0.5) is 0 Å². The quantitative estimate of drug-likeness (QED) is 0.873. The van der Waals surface area contributed by atoms with Crippen molar-refractivity contribution in [1.29, 1.82) is 0 Å². The molecule has 120 valence electrons. The number of imidazole rings is 1. The van der Waals surface area contributed by atoms with Crippen molar-refractivity contribution in [3.8, 4) is 0 Å². The SMILES string of the molecule is Cc1ccc2c(c1)n(CC1CC1)c(=O)n2C1CCC(=O)NC1=O. The van der Waals surface area contributed by atoms with E-state index in [1.54, 1.807) is 9.13 Å². The molecule has 1 aliphatic carbocycles. The first-order chi connectivity index (χ1) is 11.0. The van der Waals surface area contributed by atoms with Gasteiger partial charge in [-0.1, -0.05) is 6.07 Å². The van der Waals surface area contributed by atoms with Crippen molar-refractivity contribution in [2.24, 2.45) is 5.92 Å². The van der Waals surface area contributed by atoms with Gasteiger partial charge < -0.3 is 0 Å². The third kappa shape index (κ3) is 2.38. The summed E-state index contributed by atoms with van der Waals surface area (Å²) in [4.78, 5) is 36.5. The standard InChI is InChI=1S/C17H19N3O3/c1-10-2-5-12-14(8-10)19(9-11-3-4-11)17(23)20(12)13-6-7-15(21)18-16(13)22/h2,5,8,11,13H,3-4,6-7,9H2,1H3,(H,18,21,22). The van der Waals surface area contributed by atoms with Crippen LogP contribution in [0.2, 0.25) is 0 Å². The van der Waals surface area contributed by atoms with Gasteiger partial charge in [0, 0.05) is 13.0 Å². The number of hydrogen-bond acceptors (Lipinski definition) is 3. The Balaban J connectivity index is 1.88. The number of aryl methyl sites for hydroxylation is 1. The maximum absolute atomic E-state index is 13.0. The van der Waals surface area contributed by atoms with Crippen LogP contribution in [0, 0.1) is 12.8 Å². The molecule has 1 N–H and O–H groups in total. The lowest BCUT2D eigenvalue weighted by atomic mass is 10.1. The fourth-order valence-corrected chi connectivity index (χ4v) is 3.35. The van der Waals surface area contributed by atoms with Crippen molar-refractivity contribution in [2.75, 3.05) is 0 Å². The fourth-order valence-electron chi connectivity index (χ4n) is 3.35. The van der Waals surface area contributed by atoms with Gasteiger partial charge in [0.15, 0.2) is 0 Å². The average Bonchev–Trinajstić information content (AvgIpc) is 3.28. The number of hydrogen-bond donors (Lipinski definition) is 1. The minimum Gasteiger partial charge on any atom is -0.295 e. The van der Waals surface area contributed by atoms with E-state index in [0.717, 1.165) is 29.4 Å². The summed E-state index contributed by atoms with van der Waals surface area (Å²) in [6, 6.07) is 5.25. The zero-order chi connectivity index (χ0) is 16.1. The summed E-state index contributed by atoms with van der Waals surface area (Å²) in [5.74, 6) is -0.0831. The number of nitrogens with one attached hydrogen (secondary N) is 1. The van der Waals surface area contributed by atoms with Crippen LogP contribution in [0.5, 0.6) is 0 Å². The zero-order valence-electron chi connectivity index (χ0n) is 13.0. The van der Waals surface area contributed by atoms with Crippen LogP contribution in [0.3, 0.4) is 0 Å². The van der Waals surface area contributed by atoms with Crippen LogP contribution in [0.1, 0.15) is 37.3 Å². The molecule has 1 aromatic heterocycles. The molecule has 2 heterocycles. The first-order valence-electron chi connectivity index (χ1n) is 8.09. The number of carbonyl (C=O) groups is 2. The van der Waals surface area contributed by atoms with Crippen LogP contribution in [-0.4, -0.2) is 20.9 Å². The monoisotopic (exact) mass is 313 g/mol. The van der Waals surface area contributed by atoms with E-state index in [0.29, 0.717) is 18.9 Å². The summed E-state index contributed by atoms with van der Waals surface area (Å²) < 4.78 is 3.36. The van der Waals surface area contributed by atoms with Crippen LogP contribution in [-0.2, 0) is 16.1 Å². The number of benzene rings is 1. The molecule has 6 nitrogen and oxygen atoms in total. The Bertz CT molecular complexity index is 873. The molecule has 1 saturated carbocycles. The lowest BCUT2D eigenvalue weighted by Gasteiger charge is -2.21. The van der Waals surface area contributed by atoms with E-state index in [4.69, 9.17) is 0 Å².